The maximum atomic E-state index is 14.1. The van der Waals surface area contributed by atoms with Crippen LogP contribution < -0.4 is 26.0 Å². The Morgan fingerprint density at radius 1 is 1.04 bits per heavy atom. The van der Waals surface area contributed by atoms with Gasteiger partial charge in [-0.3, -0.25) is 9.59 Å². The first-order valence-electron chi connectivity index (χ1n) is 17.5. The van der Waals surface area contributed by atoms with Crippen molar-refractivity contribution in [3.05, 3.63) is 95.3 Å². The van der Waals surface area contributed by atoms with Crippen molar-refractivity contribution in [1.82, 2.24) is 30.9 Å². The number of H-pyrrole nitrogens is 1. The van der Waals surface area contributed by atoms with Crippen molar-refractivity contribution in [3.63, 3.8) is 0 Å². The van der Waals surface area contributed by atoms with Gasteiger partial charge in [-0.15, -0.1) is 0 Å². The van der Waals surface area contributed by atoms with Crippen molar-refractivity contribution in [2.45, 2.75) is 62.1 Å². The SMILES string of the molecule is CC1(C)NC(=O)[C@@H](NC(=O)C2C[C@@H](O)CN2)Cc2ccc3c(c2)C24c5cccc(c5NC2O3)-c2cccc3[nH]cc(c23)-c2cnc(o2)-c2nc1oc24. The van der Waals surface area contributed by atoms with Crippen molar-refractivity contribution in [3.8, 4) is 39.8 Å². The molecule has 5 atom stereocenters. The smallest absolute Gasteiger partial charge is 0.249 e. The van der Waals surface area contributed by atoms with Crippen LogP contribution >= 0.6 is 0 Å². The van der Waals surface area contributed by atoms with E-state index in [-0.39, 0.29) is 30.5 Å². The van der Waals surface area contributed by atoms with E-state index in [2.05, 4.69) is 50.5 Å². The summed E-state index contributed by atoms with van der Waals surface area (Å²) in [7, 11) is 0. The van der Waals surface area contributed by atoms with Crippen molar-refractivity contribution in [2.75, 3.05) is 11.9 Å². The molecule has 52 heavy (non-hydrogen) atoms. The number of aliphatic hydroxyl groups excluding tert-OH is 1. The van der Waals surface area contributed by atoms with Crippen molar-refractivity contribution in [2.24, 2.45) is 0 Å². The summed E-state index contributed by atoms with van der Waals surface area (Å²) in [5.74, 6) is 1.45. The number of nitrogens with one attached hydrogen (secondary N) is 5. The summed E-state index contributed by atoms with van der Waals surface area (Å²) in [5, 5.41) is 23.9. The van der Waals surface area contributed by atoms with Gasteiger partial charge in [0, 0.05) is 58.0 Å². The van der Waals surface area contributed by atoms with E-state index >= 15 is 0 Å². The molecule has 8 heterocycles. The zero-order chi connectivity index (χ0) is 35.1. The van der Waals surface area contributed by atoms with E-state index in [1.807, 2.05) is 50.4 Å². The lowest BCUT2D eigenvalue weighted by Gasteiger charge is -2.30. The van der Waals surface area contributed by atoms with E-state index in [1.165, 1.54) is 0 Å². The van der Waals surface area contributed by atoms with Gasteiger partial charge in [0.2, 0.25) is 23.6 Å². The minimum Gasteiger partial charge on any atom is -0.469 e. The molecular formula is C39H33N7O6. The number of β-amino-alcohol motifs (C(OH)–C–C–N with tert-alkyl or cyclic N) is 1. The third-order valence-corrected chi connectivity index (χ3v) is 11.3. The summed E-state index contributed by atoms with van der Waals surface area (Å²) < 4.78 is 20.3. The first kappa shape index (κ1) is 29.8. The van der Waals surface area contributed by atoms with Crippen LogP contribution in [0.3, 0.4) is 0 Å². The number of aromatic amines is 1. The lowest BCUT2D eigenvalue weighted by Crippen LogP contribution is -2.55. The molecule has 0 saturated carbocycles. The standard InChI is InChI=1S/C39H33N7O6/c1-38(2)36-45-31-32(52-36)39-22-7-3-6-20(19-5-4-8-24-29(19)21(15-41-24)28-16-42-35(31)50-28)30(22)44-37(39)51-27-10-9-17(11-23(27)39)12-26(34(49)46-38)43-33(48)25-13-18(47)14-40-25/h3-11,15-16,18,25-26,37,40-41,44,47H,12-14H2,1-2H3,(H,43,48)(H,46,49)/t18-,25?,26+,37?,39?/m1/s1. The van der Waals surface area contributed by atoms with E-state index in [1.54, 1.807) is 6.20 Å². The second-order valence-corrected chi connectivity index (χ2v) is 14.9. The number of oxazole rings is 2. The van der Waals surface area contributed by atoms with Gasteiger partial charge in [-0.2, -0.15) is 0 Å². The summed E-state index contributed by atoms with van der Waals surface area (Å²) in [5.41, 5.74) is 5.51. The Morgan fingerprint density at radius 3 is 2.77 bits per heavy atom. The number of aliphatic hydroxyl groups is 1. The van der Waals surface area contributed by atoms with Gasteiger partial charge in [0.05, 0.1) is 18.3 Å². The second kappa shape index (κ2) is 10.1. The highest BCUT2D eigenvalue weighted by atomic mass is 16.5. The highest BCUT2D eigenvalue weighted by molar-refractivity contribution is 6.07. The topological polar surface area (TPSA) is 180 Å². The second-order valence-electron chi connectivity index (χ2n) is 14.9. The molecule has 1 saturated heterocycles. The van der Waals surface area contributed by atoms with Gasteiger partial charge in [0.1, 0.15) is 22.7 Å². The van der Waals surface area contributed by atoms with Gasteiger partial charge in [-0.05, 0) is 43.5 Å². The summed E-state index contributed by atoms with van der Waals surface area (Å²) in [6.45, 7) is 3.95. The molecule has 6 aromatic rings. The first-order valence-corrected chi connectivity index (χ1v) is 17.5. The minimum atomic E-state index is -1.14. The van der Waals surface area contributed by atoms with Crippen molar-refractivity contribution < 1.29 is 28.3 Å². The summed E-state index contributed by atoms with van der Waals surface area (Å²) in [6.07, 6.45) is 2.85. The van der Waals surface area contributed by atoms with Gasteiger partial charge < -0.3 is 44.9 Å². The molecule has 3 unspecified atom stereocenters. The molecule has 5 aliphatic rings. The number of hydrogen-bond acceptors (Lipinski definition) is 10. The Kier molecular flexibility index (Phi) is 5.79. The van der Waals surface area contributed by atoms with Crippen LogP contribution in [0.1, 0.15) is 48.6 Å². The molecule has 260 valence electrons. The number of carbonyl (C=O) groups is 2. The fourth-order valence-electron chi connectivity index (χ4n) is 8.85. The summed E-state index contributed by atoms with van der Waals surface area (Å²) in [4.78, 5) is 40.8. The Bertz CT molecular complexity index is 2530. The van der Waals surface area contributed by atoms with Crippen LogP contribution in [-0.4, -0.2) is 62.8 Å². The molecular weight excluding hydrogens is 662 g/mol. The average Bonchev–Trinajstić information content (AvgIpc) is 3.97. The molecule has 1 fully saturated rings. The van der Waals surface area contributed by atoms with E-state index in [0.717, 1.165) is 50.0 Å². The minimum absolute atomic E-state index is 0.206. The highest BCUT2D eigenvalue weighted by Crippen LogP contribution is 2.61. The van der Waals surface area contributed by atoms with Gasteiger partial charge >= 0.3 is 0 Å². The Morgan fingerprint density at radius 2 is 1.90 bits per heavy atom. The molecule has 2 amide bonds. The van der Waals surface area contributed by atoms with Gasteiger partial charge in [-0.1, -0.05) is 42.5 Å². The van der Waals surface area contributed by atoms with Crippen LogP contribution in [0.2, 0.25) is 0 Å². The Labute approximate surface area is 296 Å². The van der Waals surface area contributed by atoms with E-state index in [9.17, 15) is 14.7 Å². The van der Waals surface area contributed by atoms with Crippen LogP contribution in [0, 0.1) is 0 Å². The van der Waals surface area contributed by atoms with Crippen LogP contribution in [0.25, 0.3) is 44.9 Å². The van der Waals surface area contributed by atoms with Gasteiger partial charge in [0.15, 0.2) is 23.4 Å². The summed E-state index contributed by atoms with van der Waals surface area (Å²) in [6, 6.07) is 16.8. The molecule has 5 aliphatic heterocycles. The maximum Gasteiger partial charge on any atom is 0.249 e. The molecule has 0 aliphatic carbocycles. The molecule has 3 aromatic carbocycles. The molecule has 11 rings (SSSR count). The molecule has 0 radical (unpaired) electrons. The van der Waals surface area contributed by atoms with Crippen molar-refractivity contribution in [1.29, 1.82) is 0 Å². The number of benzene rings is 3. The number of aromatic nitrogens is 3. The molecule has 1 spiro atoms. The third-order valence-electron chi connectivity index (χ3n) is 11.3. The number of para-hydroxylation sites is 1. The number of rotatable bonds is 2. The normalized spacial score (nSPS) is 25.7. The fraction of sp³-hybridized carbons (Fsp3) is 0.282. The van der Waals surface area contributed by atoms with Crippen LogP contribution in [0.4, 0.5) is 5.69 Å². The first-order chi connectivity index (χ1) is 25.2. The predicted molar refractivity (Wildman–Crippen MR) is 188 cm³/mol. The fourth-order valence-corrected chi connectivity index (χ4v) is 8.85. The zero-order valence-corrected chi connectivity index (χ0v) is 28.2. The molecule has 13 nitrogen and oxygen atoms in total. The highest BCUT2D eigenvalue weighted by Gasteiger charge is 2.62. The predicted octanol–water partition coefficient (Wildman–Crippen LogP) is 4.05. The quantitative estimate of drug-likeness (QED) is 0.155. The Balaban J connectivity index is 1.18. The largest absolute Gasteiger partial charge is 0.469 e. The number of carbonyl (C=O) groups excluding carboxylic acids is 2. The molecule has 13 heteroatoms. The average molecular weight is 696 g/mol. The Hall–Kier alpha value is -5.92. The third kappa shape index (κ3) is 3.89. The number of ether oxygens (including phenoxy) is 1. The molecule has 3 aromatic heterocycles. The lowest BCUT2D eigenvalue weighted by molar-refractivity contribution is -0.131. The van der Waals surface area contributed by atoms with Crippen LogP contribution in [0.15, 0.2) is 75.8 Å². The van der Waals surface area contributed by atoms with Crippen LogP contribution in [0.5, 0.6) is 5.75 Å². The number of nitrogens with zero attached hydrogens (tertiary/aromatic N) is 2. The zero-order valence-electron chi connectivity index (χ0n) is 28.2. The van der Waals surface area contributed by atoms with Gasteiger partial charge in [-0.25, -0.2) is 9.97 Å². The number of hydrogen-bond donors (Lipinski definition) is 6. The summed E-state index contributed by atoms with van der Waals surface area (Å²) >= 11 is 0. The van der Waals surface area contributed by atoms with Crippen LogP contribution in [-0.2, 0) is 27.0 Å². The maximum absolute atomic E-state index is 14.1. The molecule has 6 N–H and O–H groups in total. The monoisotopic (exact) mass is 695 g/mol. The lowest BCUT2D eigenvalue weighted by atomic mass is 9.72. The van der Waals surface area contributed by atoms with E-state index in [0.29, 0.717) is 29.5 Å². The number of amides is 2. The molecule has 10 bridgehead atoms. The van der Waals surface area contributed by atoms with E-state index in [4.69, 9.17) is 23.5 Å². The van der Waals surface area contributed by atoms with Crippen molar-refractivity contribution >= 4 is 28.4 Å². The number of fused-ring (bicyclic) bond motifs is 7. The number of anilines is 1. The van der Waals surface area contributed by atoms with E-state index < -0.39 is 41.3 Å². The van der Waals surface area contributed by atoms with Gasteiger partial charge in [0.25, 0.3) is 0 Å².